The van der Waals surface area contributed by atoms with E-state index in [0.717, 1.165) is 6.42 Å². The summed E-state index contributed by atoms with van der Waals surface area (Å²) in [6.07, 6.45) is 6.64. The Bertz CT molecular complexity index is 409. The summed E-state index contributed by atoms with van der Waals surface area (Å²) in [6, 6.07) is 9.30. The molecule has 1 atom stereocenters. The van der Waals surface area contributed by atoms with Crippen molar-refractivity contribution in [2.75, 3.05) is 0 Å². The highest BCUT2D eigenvalue weighted by Gasteiger charge is 2.22. The van der Waals surface area contributed by atoms with E-state index in [-0.39, 0.29) is 5.97 Å². The lowest BCUT2D eigenvalue weighted by molar-refractivity contribution is -0.135. The van der Waals surface area contributed by atoms with Gasteiger partial charge >= 0.3 is 5.97 Å². The van der Waals surface area contributed by atoms with Crippen molar-refractivity contribution in [1.82, 2.24) is 0 Å². The van der Waals surface area contributed by atoms with Gasteiger partial charge < -0.3 is 4.74 Å². The third-order valence-corrected chi connectivity index (χ3v) is 3.85. The minimum Gasteiger partial charge on any atom is -0.427 e. The van der Waals surface area contributed by atoms with Gasteiger partial charge in [0.1, 0.15) is 5.75 Å². The average molecular weight is 290 g/mol. The molecule has 0 saturated carbocycles. The Hall–Kier alpha value is -1.31. The number of benzene rings is 1. The van der Waals surface area contributed by atoms with Crippen LogP contribution in [0.25, 0.3) is 0 Å². The number of esters is 1. The normalized spacial score (nSPS) is 13.0. The van der Waals surface area contributed by atoms with Gasteiger partial charge in [0.05, 0.1) is 0 Å². The summed E-state index contributed by atoms with van der Waals surface area (Å²) >= 11 is 0. The second-order valence-electron chi connectivity index (χ2n) is 6.92. The van der Waals surface area contributed by atoms with Gasteiger partial charge in [-0.05, 0) is 36.3 Å². The van der Waals surface area contributed by atoms with Gasteiger partial charge in [0.2, 0.25) is 0 Å². The van der Waals surface area contributed by atoms with E-state index >= 15 is 0 Å². The molecule has 0 bridgehead atoms. The van der Waals surface area contributed by atoms with Gasteiger partial charge in [-0.25, -0.2) is 0 Å². The number of unbranched alkanes of at least 4 members (excludes halogenated alkanes) is 2. The van der Waals surface area contributed by atoms with Gasteiger partial charge in [-0.2, -0.15) is 0 Å². The Kier molecular flexibility index (Phi) is 7.49. The fourth-order valence-corrected chi connectivity index (χ4v) is 2.92. The van der Waals surface area contributed by atoms with E-state index in [4.69, 9.17) is 4.74 Å². The molecule has 0 aliphatic carbocycles. The molecule has 0 amide bonds. The molecular weight excluding hydrogens is 260 g/mol. The summed E-state index contributed by atoms with van der Waals surface area (Å²) in [5.41, 5.74) is 0.307. The molecule has 0 aliphatic heterocycles. The summed E-state index contributed by atoms with van der Waals surface area (Å²) in [7, 11) is 0. The summed E-state index contributed by atoms with van der Waals surface area (Å²) in [5.74, 6) is 0.868. The van der Waals surface area contributed by atoms with Crippen LogP contribution in [0.5, 0.6) is 5.75 Å². The Labute approximate surface area is 129 Å². The first-order chi connectivity index (χ1) is 9.93. The summed E-state index contributed by atoms with van der Waals surface area (Å²) in [6.45, 7) is 8.99. The van der Waals surface area contributed by atoms with Crippen molar-refractivity contribution < 1.29 is 9.53 Å². The number of hydrogen-bond donors (Lipinski definition) is 0. The number of carbonyl (C=O) groups excluding carboxylic acids is 1. The first kappa shape index (κ1) is 17.7. The molecule has 0 heterocycles. The van der Waals surface area contributed by atoms with Gasteiger partial charge in [-0.3, -0.25) is 4.79 Å². The number of para-hydroxylation sites is 1. The van der Waals surface area contributed by atoms with Crippen molar-refractivity contribution in [3.63, 3.8) is 0 Å². The lowest BCUT2D eigenvalue weighted by atomic mass is 9.78. The standard InChI is InChI=1S/C19H30O2/c1-5-6-10-13-19(3,4)15-16(2)14-18(20)21-17-11-8-7-9-12-17/h7-9,11-12,16H,5-6,10,13-15H2,1-4H3. The summed E-state index contributed by atoms with van der Waals surface area (Å²) < 4.78 is 5.36. The van der Waals surface area contributed by atoms with E-state index in [1.165, 1.54) is 25.7 Å². The van der Waals surface area contributed by atoms with Crippen molar-refractivity contribution >= 4 is 5.97 Å². The van der Waals surface area contributed by atoms with E-state index in [0.29, 0.717) is 23.5 Å². The summed E-state index contributed by atoms with van der Waals surface area (Å²) in [4.78, 5) is 11.9. The van der Waals surface area contributed by atoms with Crippen LogP contribution in [0.4, 0.5) is 0 Å². The topological polar surface area (TPSA) is 26.3 Å². The van der Waals surface area contributed by atoms with Crippen molar-refractivity contribution in [1.29, 1.82) is 0 Å². The minimum absolute atomic E-state index is 0.127. The van der Waals surface area contributed by atoms with Crippen LogP contribution >= 0.6 is 0 Å². The smallest absolute Gasteiger partial charge is 0.311 e. The maximum absolute atomic E-state index is 11.9. The second kappa shape index (κ2) is 8.86. The van der Waals surface area contributed by atoms with E-state index in [1.54, 1.807) is 0 Å². The maximum atomic E-state index is 11.9. The highest BCUT2D eigenvalue weighted by atomic mass is 16.5. The lowest BCUT2D eigenvalue weighted by Crippen LogP contribution is -2.19. The predicted octanol–water partition coefficient (Wildman–Crippen LogP) is 5.61. The molecule has 0 spiro atoms. The van der Waals surface area contributed by atoms with Gasteiger partial charge in [-0.15, -0.1) is 0 Å². The minimum atomic E-state index is -0.127. The Morgan fingerprint density at radius 3 is 2.48 bits per heavy atom. The molecule has 0 aromatic heterocycles. The monoisotopic (exact) mass is 290 g/mol. The van der Waals surface area contributed by atoms with Crippen molar-refractivity contribution in [2.24, 2.45) is 11.3 Å². The van der Waals surface area contributed by atoms with Crippen LogP contribution in [0, 0.1) is 11.3 Å². The van der Waals surface area contributed by atoms with Crippen LogP contribution in [-0.4, -0.2) is 5.97 Å². The highest BCUT2D eigenvalue weighted by Crippen LogP contribution is 2.32. The van der Waals surface area contributed by atoms with Crippen LogP contribution in [-0.2, 0) is 4.79 Å². The van der Waals surface area contributed by atoms with Gasteiger partial charge in [0.15, 0.2) is 0 Å². The van der Waals surface area contributed by atoms with Gasteiger partial charge in [0.25, 0.3) is 0 Å². The lowest BCUT2D eigenvalue weighted by Gasteiger charge is -2.27. The molecule has 1 aromatic carbocycles. The quantitative estimate of drug-likeness (QED) is 0.335. The van der Waals surface area contributed by atoms with Crippen LogP contribution in [0.15, 0.2) is 30.3 Å². The molecule has 0 aliphatic rings. The molecular formula is C19H30O2. The Morgan fingerprint density at radius 1 is 1.19 bits per heavy atom. The van der Waals surface area contributed by atoms with E-state index in [2.05, 4.69) is 27.7 Å². The van der Waals surface area contributed by atoms with Gasteiger partial charge in [-0.1, -0.05) is 65.2 Å². The van der Waals surface area contributed by atoms with E-state index in [1.807, 2.05) is 30.3 Å². The number of hydrogen-bond acceptors (Lipinski definition) is 2. The molecule has 21 heavy (non-hydrogen) atoms. The molecule has 118 valence electrons. The summed E-state index contributed by atoms with van der Waals surface area (Å²) in [5, 5.41) is 0. The van der Waals surface area contributed by atoms with Crippen LogP contribution < -0.4 is 4.74 Å². The maximum Gasteiger partial charge on any atom is 0.311 e. The first-order valence-corrected chi connectivity index (χ1v) is 8.18. The molecule has 0 fully saturated rings. The van der Waals surface area contributed by atoms with Crippen LogP contribution in [0.3, 0.4) is 0 Å². The zero-order valence-electron chi connectivity index (χ0n) is 14.0. The number of ether oxygens (including phenoxy) is 1. The molecule has 0 N–H and O–H groups in total. The largest absolute Gasteiger partial charge is 0.427 e. The van der Waals surface area contributed by atoms with Crippen LogP contribution in [0.1, 0.15) is 66.2 Å². The predicted molar refractivity (Wildman–Crippen MR) is 88.4 cm³/mol. The molecule has 1 rings (SSSR count). The molecule has 2 heteroatoms. The third kappa shape index (κ3) is 7.89. The molecule has 0 saturated heterocycles. The first-order valence-electron chi connectivity index (χ1n) is 8.18. The van der Waals surface area contributed by atoms with Crippen LogP contribution in [0.2, 0.25) is 0 Å². The fraction of sp³-hybridized carbons (Fsp3) is 0.632. The molecule has 1 aromatic rings. The Balaban J connectivity index is 2.35. The fourth-order valence-electron chi connectivity index (χ4n) is 2.92. The van der Waals surface area contributed by atoms with Crippen molar-refractivity contribution in [3.8, 4) is 5.75 Å². The Morgan fingerprint density at radius 2 is 1.86 bits per heavy atom. The SMILES string of the molecule is CCCCCC(C)(C)CC(C)CC(=O)Oc1ccccc1. The zero-order chi connectivity index (χ0) is 15.7. The van der Waals surface area contributed by atoms with Gasteiger partial charge in [0, 0.05) is 6.42 Å². The zero-order valence-corrected chi connectivity index (χ0v) is 14.0. The van der Waals surface area contributed by atoms with E-state index in [9.17, 15) is 4.79 Å². The number of carbonyl (C=O) groups is 1. The number of rotatable bonds is 9. The molecule has 1 unspecified atom stereocenters. The highest BCUT2D eigenvalue weighted by molar-refractivity contribution is 5.72. The average Bonchev–Trinajstić information content (AvgIpc) is 2.38. The molecule has 0 radical (unpaired) electrons. The second-order valence-corrected chi connectivity index (χ2v) is 6.92. The molecule has 2 nitrogen and oxygen atoms in total. The van der Waals surface area contributed by atoms with E-state index < -0.39 is 0 Å². The van der Waals surface area contributed by atoms with Crippen molar-refractivity contribution in [3.05, 3.63) is 30.3 Å². The third-order valence-electron chi connectivity index (χ3n) is 3.85. The van der Waals surface area contributed by atoms with Crippen molar-refractivity contribution in [2.45, 2.75) is 66.2 Å².